The minimum absolute atomic E-state index is 0.126. The van der Waals surface area contributed by atoms with Crippen molar-refractivity contribution in [2.45, 2.75) is 64.6 Å². The zero-order valence-electron chi connectivity index (χ0n) is 22.7. The Morgan fingerprint density at radius 2 is 1.05 bits per heavy atom. The van der Waals surface area contributed by atoms with E-state index in [-0.39, 0.29) is 67.8 Å². The van der Waals surface area contributed by atoms with Crippen LogP contribution in [0.15, 0.2) is 30.6 Å². The number of rotatable bonds is 4. The van der Waals surface area contributed by atoms with E-state index >= 15 is 0 Å². The van der Waals surface area contributed by atoms with Crippen LogP contribution in [0.1, 0.15) is 71.4 Å². The van der Waals surface area contributed by atoms with E-state index < -0.39 is 46.5 Å². The number of esters is 2. The van der Waals surface area contributed by atoms with Crippen LogP contribution in [0.2, 0.25) is 0 Å². The maximum absolute atomic E-state index is 13.5. The number of carbonyl (C=O) groups excluding carboxylic acids is 2. The minimum atomic E-state index is -0.747. The number of hydrogen-bond acceptors (Lipinski definition) is 10. The molecule has 0 radical (unpaired) electrons. The highest BCUT2D eigenvalue weighted by Crippen LogP contribution is 2.50. The molecule has 10 heteroatoms. The monoisotopic (exact) mass is 568 g/mol. The number of aromatic hydroxyl groups is 2. The van der Waals surface area contributed by atoms with Crippen LogP contribution < -0.4 is 10.9 Å². The molecule has 2 N–H and O–H groups in total. The van der Waals surface area contributed by atoms with E-state index in [1.54, 1.807) is 0 Å². The van der Waals surface area contributed by atoms with Gasteiger partial charge in [-0.25, -0.2) is 9.59 Å². The van der Waals surface area contributed by atoms with Crippen molar-refractivity contribution in [2.75, 3.05) is 0 Å². The van der Waals surface area contributed by atoms with Gasteiger partial charge in [0.15, 0.2) is 10.9 Å². The molecule has 212 valence electrons. The number of hydrogen-bond donors (Lipinski definition) is 2. The minimum Gasteiger partial charge on any atom is -0.506 e. The lowest BCUT2D eigenvalue weighted by atomic mass is 9.86. The highest BCUT2D eigenvalue weighted by molar-refractivity contribution is 6.34. The van der Waals surface area contributed by atoms with Crippen LogP contribution in [0.3, 0.4) is 0 Å². The molecule has 2 atom stereocenters. The first-order valence-electron chi connectivity index (χ1n) is 14.1. The second-order valence-electron chi connectivity index (χ2n) is 11.3. The number of ether oxygens (including phenoxy) is 2. The van der Waals surface area contributed by atoms with Crippen molar-refractivity contribution >= 4 is 66.6 Å². The van der Waals surface area contributed by atoms with Gasteiger partial charge >= 0.3 is 11.9 Å². The molecule has 6 aromatic rings. The Morgan fingerprint density at radius 1 is 0.643 bits per heavy atom. The van der Waals surface area contributed by atoms with Crippen LogP contribution in [0.4, 0.5) is 0 Å². The van der Waals surface area contributed by atoms with E-state index in [1.807, 2.05) is 13.8 Å². The van der Waals surface area contributed by atoms with Crippen molar-refractivity contribution in [3.05, 3.63) is 54.8 Å². The molecule has 0 bridgehead atoms. The van der Waals surface area contributed by atoms with Gasteiger partial charge in [0.2, 0.25) is 0 Å². The Morgan fingerprint density at radius 3 is 1.43 bits per heavy atom. The van der Waals surface area contributed by atoms with Crippen LogP contribution in [0.25, 0.3) is 54.6 Å². The van der Waals surface area contributed by atoms with Crippen LogP contribution in [-0.2, 0) is 22.3 Å². The topological polar surface area (TPSA) is 153 Å². The number of phenolic OH excluding ortho intramolecular Hbond substituents is 2. The molecule has 0 saturated carbocycles. The molecule has 2 aliphatic heterocycles. The third-order valence-electron chi connectivity index (χ3n) is 8.78. The Bertz CT molecular complexity index is 2130. The summed E-state index contributed by atoms with van der Waals surface area (Å²) in [5.41, 5.74) is 0.0351. The first-order valence-corrected chi connectivity index (χ1v) is 14.1. The molecule has 0 amide bonds. The van der Waals surface area contributed by atoms with Crippen LogP contribution in [0, 0.1) is 0 Å². The Labute approximate surface area is 235 Å². The predicted octanol–water partition coefficient (Wildman–Crippen LogP) is 5.41. The second kappa shape index (κ2) is 8.34. The lowest BCUT2D eigenvalue weighted by Crippen LogP contribution is -2.28. The average Bonchev–Trinajstić information content (AvgIpc) is 2.93. The number of carbonyl (C=O) groups is 2. The number of fused-ring (bicyclic) bond motifs is 4. The highest BCUT2D eigenvalue weighted by atomic mass is 16.5. The Balaban J connectivity index is 1.59. The third-order valence-corrected chi connectivity index (χ3v) is 8.78. The zero-order chi connectivity index (χ0) is 29.2. The Hall–Kier alpha value is -4.86. The molecule has 0 saturated heterocycles. The van der Waals surface area contributed by atoms with Crippen molar-refractivity contribution in [1.82, 2.24) is 0 Å². The van der Waals surface area contributed by atoms with Crippen LogP contribution in [0.5, 0.6) is 11.5 Å². The summed E-state index contributed by atoms with van der Waals surface area (Å²) < 4.78 is 23.9. The predicted molar refractivity (Wildman–Crippen MR) is 152 cm³/mol. The van der Waals surface area contributed by atoms with E-state index in [9.17, 15) is 29.4 Å². The van der Waals surface area contributed by atoms with E-state index in [4.69, 9.17) is 18.3 Å². The van der Waals surface area contributed by atoms with Gasteiger partial charge < -0.3 is 28.5 Å². The third kappa shape index (κ3) is 2.98. The lowest BCUT2D eigenvalue weighted by molar-refractivity contribution is 0.0223. The maximum atomic E-state index is 13.5. The van der Waals surface area contributed by atoms with Crippen molar-refractivity contribution in [1.29, 1.82) is 0 Å². The molecule has 8 rings (SSSR count). The molecule has 0 aliphatic carbocycles. The molecule has 4 aromatic carbocycles. The van der Waals surface area contributed by atoms with Crippen LogP contribution >= 0.6 is 0 Å². The number of cyclic esters (lactones) is 2. The smallest absolute Gasteiger partial charge is 0.342 e. The van der Waals surface area contributed by atoms with Gasteiger partial charge in [0.25, 0.3) is 0 Å². The fraction of sp³-hybridized carbons (Fsp3) is 0.312. The van der Waals surface area contributed by atoms with E-state index in [2.05, 4.69) is 0 Å². The van der Waals surface area contributed by atoms with Crippen molar-refractivity contribution in [2.24, 2.45) is 0 Å². The quantitative estimate of drug-likeness (QED) is 0.160. The molecule has 2 aliphatic rings. The van der Waals surface area contributed by atoms with Gasteiger partial charge in [-0.15, -0.1) is 0 Å². The SMILES string of the molecule is CCCC1Cc2c(c(O)c3c(=O)cc4oc5c6c(c(O)c7c(=O)cc8oc2c3c4c8c57)C(=O)O[C@@H](CCC)C6)C(=O)O1. The van der Waals surface area contributed by atoms with Crippen molar-refractivity contribution in [3.8, 4) is 11.5 Å². The molecule has 4 heterocycles. The Kier molecular flexibility index (Phi) is 4.95. The maximum Gasteiger partial charge on any atom is 0.342 e. The molecular formula is C32H24O10. The average molecular weight is 569 g/mol. The van der Waals surface area contributed by atoms with E-state index in [0.29, 0.717) is 34.7 Å². The van der Waals surface area contributed by atoms with Crippen molar-refractivity contribution < 1.29 is 38.1 Å². The second-order valence-corrected chi connectivity index (χ2v) is 11.3. The largest absolute Gasteiger partial charge is 0.506 e. The summed E-state index contributed by atoms with van der Waals surface area (Å²) in [5.74, 6) is -2.49. The fourth-order valence-electron chi connectivity index (χ4n) is 7.12. The summed E-state index contributed by atoms with van der Waals surface area (Å²) in [5, 5.41) is 23.7. The summed E-state index contributed by atoms with van der Waals surface area (Å²) >= 11 is 0. The standard InChI is InChI=1S/C32H24O10/c1-3-5-11-7-13-19(31(37)39-11)27(35)21-15(33)10-18-23-24-17(41-29(13)25(21)23)9-16(34)22-26(24)30(42-18)14-8-12(6-4-2)40-32(38)20(14)28(22)36/h9-12,35-36H,3-8H2,1-2H3/t11-,12?/m0/s1. The van der Waals surface area contributed by atoms with Gasteiger partial charge in [0, 0.05) is 57.6 Å². The van der Waals surface area contributed by atoms with Gasteiger partial charge in [-0.3, -0.25) is 9.59 Å². The van der Waals surface area contributed by atoms with Gasteiger partial charge in [0.1, 0.15) is 57.2 Å². The highest BCUT2D eigenvalue weighted by Gasteiger charge is 2.38. The summed E-state index contributed by atoms with van der Waals surface area (Å²) in [6, 6.07) is 2.45. The summed E-state index contributed by atoms with van der Waals surface area (Å²) in [6.45, 7) is 3.93. The summed E-state index contributed by atoms with van der Waals surface area (Å²) in [4.78, 5) is 53.2. The molecular weight excluding hydrogens is 544 g/mol. The molecule has 10 nitrogen and oxygen atoms in total. The van der Waals surface area contributed by atoms with E-state index in [1.165, 1.54) is 12.1 Å². The number of phenols is 2. The van der Waals surface area contributed by atoms with Gasteiger partial charge in [0.05, 0.1) is 10.8 Å². The zero-order valence-corrected chi connectivity index (χ0v) is 22.7. The van der Waals surface area contributed by atoms with Gasteiger partial charge in [-0.2, -0.15) is 0 Å². The molecule has 1 unspecified atom stereocenters. The first kappa shape index (κ1) is 24.9. The number of benzene rings is 4. The van der Waals surface area contributed by atoms with Crippen LogP contribution in [-0.4, -0.2) is 34.4 Å². The fourth-order valence-corrected chi connectivity index (χ4v) is 7.12. The molecule has 42 heavy (non-hydrogen) atoms. The van der Waals surface area contributed by atoms with Gasteiger partial charge in [-0.05, 0) is 12.8 Å². The summed E-state index contributed by atoms with van der Waals surface area (Å²) in [6.07, 6.45) is 2.30. The molecule has 0 spiro atoms. The molecule has 0 fully saturated rings. The van der Waals surface area contributed by atoms with E-state index in [0.717, 1.165) is 12.8 Å². The molecule has 2 aromatic heterocycles. The first-order chi connectivity index (χ1) is 20.2. The summed E-state index contributed by atoms with van der Waals surface area (Å²) in [7, 11) is 0. The lowest BCUT2D eigenvalue weighted by Gasteiger charge is -2.28. The van der Waals surface area contributed by atoms with Gasteiger partial charge in [-0.1, -0.05) is 26.7 Å². The van der Waals surface area contributed by atoms with Crippen molar-refractivity contribution in [3.63, 3.8) is 0 Å². The normalized spacial score (nSPS) is 18.8.